The summed E-state index contributed by atoms with van der Waals surface area (Å²) in [5.74, 6) is -0.567. The summed E-state index contributed by atoms with van der Waals surface area (Å²) in [7, 11) is 0. The second-order valence-corrected chi connectivity index (χ2v) is 17.0. The van der Waals surface area contributed by atoms with Crippen LogP contribution in [0.4, 0.5) is 0 Å². The lowest BCUT2D eigenvalue weighted by Gasteiger charge is -2.24. The summed E-state index contributed by atoms with van der Waals surface area (Å²) < 4.78 is 5.89. The fourth-order valence-electron chi connectivity index (χ4n) is 7.10. The zero-order chi connectivity index (χ0) is 45.9. The van der Waals surface area contributed by atoms with E-state index in [-0.39, 0.29) is 24.9 Å². The molecule has 0 aromatic rings. The lowest BCUT2D eigenvalue weighted by molar-refractivity contribution is -0.151. The largest absolute Gasteiger partial charge is 0.462 e. The van der Waals surface area contributed by atoms with Crippen molar-refractivity contribution >= 4 is 11.9 Å². The lowest BCUT2D eigenvalue weighted by Crippen LogP contribution is -2.46. The van der Waals surface area contributed by atoms with Crippen LogP contribution in [-0.2, 0) is 14.3 Å². The van der Waals surface area contributed by atoms with Gasteiger partial charge in [-0.25, -0.2) is 0 Å². The third-order valence-corrected chi connectivity index (χ3v) is 10.9. The van der Waals surface area contributed by atoms with E-state index in [0.29, 0.717) is 19.3 Å². The first-order valence-electron chi connectivity index (χ1n) is 25.7. The minimum atomic E-state index is -0.813. The van der Waals surface area contributed by atoms with Crippen molar-refractivity contribution in [2.45, 2.75) is 232 Å². The highest BCUT2D eigenvalue weighted by Crippen LogP contribution is 2.16. The molecule has 63 heavy (non-hydrogen) atoms. The Labute approximate surface area is 388 Å². The smallest absolute Gasteiger partial charge is 0.306 e. The monoisotopic (exact) mass is 874 g/mol. The van der Waals surface area contributed by atoms with Crippen LogP contribution in [0.1, 0.15) is 213 Å². The van der Waals surface area contributed by atoms with Crippen molar-refractivity contribution < 1.29 is 24.5 Å². The van der Waals surface area contributed by atoms with E-state index in [1.165, 1.54) is 64.2 Å². The molecular formula is C57H95NO5. The molecule has 0 aliphatic carbocycles. The molecule has 3 unspecified atom stereocenters. The summed E-state index contributed by atoms with van der Waals surface area (Å²) >= 11 is 0. The summed E-state index contributed by atoms with van der Waals surface area (Å²) in [6, 6.07) is -0.731. The number of rotatable bonds is 44. The van der Waals surface area contributed by atoms with Gasteiger partial charge in [0.2, 0.25) is 5.91 Å². The number of ether oxygens (including phenoxy) is 1. The SMILES string of the molecule is CC/C=C/C/C=C/C/C=C/C/C=C/CCCC(CC(=O)NC(CO)C(O)CCCCCCCCCCCCCC)OC(=O)CCCCCCC/C=C/C=C/C=C/C=C/C=C/CCC. The van der Waals surface area contributed by atoms with E-state index in [1.54, 1.807) is 0 Å². The van der Waals surface area contributed by atoms with E-state index < -0.39 is 18.2 Å². The highest BCUT2D eigenvalue weighted by molar-refractivity contribution is 5.77. The van der Waals surface area contributed by atoms with Gasteiger partial charge in [-0.1, -0.05) is 233 Å². The van der Waals surface area contributed by atoms with Gasteiger partial charge in [-0.3, -0.25) is 9.59 Å². The van der Waals surface area contributed by atoms with Crippen LogP contribution in [0.3, 0.4) is 0 Å². The summed E-state index contributed by atoms with van der Waals surface area (Å²) in [4.78, 5) is 26.1. The normalized spacial score (nSPS) is 14.2. The molecule has 3 atom stereocenters. The average molecular weight is 874 g/mol. The topological polar surface area (TPSA) is 95.9 Å². The maximum atomic E-state index is 13.2. The minimum absolute atomic E-state index is 0.0224. The van der Waals surface area contributed by atoms with E-state index in [9.17, 15) is 19.8 Å². The molecule has 0 aliphatic heterocycles. The first-order valence-corrected chi connectivity index (χ1v) is 25.7. The highest BCUT2D eigenvalue weighted by Gasteiger charge is 2.24. The van der Waals surface area contributed by atoms with Crippen LogP contribution in [0.5, 0.6) is 0 Å². The number of hydrogen-bond donors (Lipinski definition) is 3. The van der Waals surface area contributed by atoms with E-state index in [2.05, 4.69) is 111 Å². The van der Waals surface area contributed by atoms with Crippen molar-refractivity contribution in [2.24, 2.45) is 0 Å². The summed E-state index contributed by atoms with van der Waals surface area (Å²) in [6.45, 7) is 6.24. The van der Waals surface area contributed by atoms with Gasteiger partial charge in [0, 0.05) is 6.42 Å². The van der Waals surface area contributed by atoms with Gasteiger partial charge in [0.1, 0.15) is 6.10 Å². The Morgan fingerprint density at radius 1 is 0.492 bits per heavy atom. The van der Waals surface area contributed by atoms with Crippen molar-refractivity contribution in [3.8, 4) is 0 Å². The summed E-state index contributed by atoms with van der Waals surface area (Å²) in [5, 5.41) is 23.7. The molecule has 0 saturated heterocycles. The fourth-order valence-corrected chi connectivity index (χ4v) is 7.10. The number of amides is 1. The van der Waals surface area contributed by atoms with Crippen molar-refractivity contribution in [2.75, 3.05) is 6.61 Å². The third-order valence-electron chi connectivity index (χ3n) is 10.9. The highest BCUT2D eigenvalue weighted by atomic mass is 16.5. The first kappa shape index (κ1) is 59.5. The number of allylic oxidation sites excluding steroid dienone is 18. The van der Waals surface area contributed by atoms with Crippen molar-refractivity contribution in [1.82, 2.24) is 5.32 Å². The Morgan fingerprint density at radius 2 is 0.968 bits per heavy atom. The average Bonchev–Trinajstić information content (AvgIpc) is 3.28. The number of nitrogens with one attached hydrogen (secondary N) is 1. The molecule has 6 heteroatoms. The van der Waals surface area contributed by atoms with Crippen LogP contribution < -0.4 is 5.32 Å². The van der Waals surface area contributed by atoms with E-state index in [4.69, 9.17) is 4.74 Å². The molecule has 1 amide bonds. The van der Waals surface area contributed by atoms with Crippen LogP contribution in [-0.4, -0.2) is 46.9 Å². The van der Waals surface area contributed by atoms with Crippen molar-refractivity contribution in [1.29, 1.82) is 0 Å². The number of esters is 1. The molecule has 0 aromatic heterocycles. The molecule has 0 fully saturated rings. The zero-order valence-electron chi connectivity index (χ0n) is 40.7. The summed E-state index contributed by atoms with van der Waals surface area (Å²) in [5.41, 5.74) is 0. The van der Waals surface area contributed by atoms with Crippen LogP contribution >= 0.6 is 0 Å². The number of aliphatic hydroxyl groups is 2. The van der Waals surface area contributed by atoms with Gasteiger partial charge in [0.25, 0.3) is 0 Å². The predicted molar refractivity (Wildman–Crippen MR) is 273 cm³/mol. The quantitative estimate of drug-likeness (QED) is 0.0245. The Balaban J connectivity index is 4.74. The first-order chi connectivity index (χ1) is 31.0. The fraction of sp³-hybridized carbons (Fsp3) is 0.649. The van der Waals surface area contributed by atoms with Gasteiger partial charge in [-0.05, 0) is 77.0 Å². The number of hydrogen-bond acceptors (Lipinski definition) is 5. The molecular weight excluding hydrogens is 779 g/mol. The van der Waals surface area contributed by atoms with E-state index in [1.807, 2.05) is 24.3 Å². The number of carbonyl (C=O) groups excluding carboxylic acids is 2. The van der Waals surface area contributed by atoms with Crippen molar-refractivity contribution in [3.63, 3.8) is 0 Å². The molecule has 0 aliphatic rings. The van der Waals surface area contributed by atoms with Gasteiger partial charge in [-0.15, -0.1) is 0 Å². The molecule has 0 rings (SSSR count). The Morgan fingerprint density at radius 3 is 1.52 bits per heavy atom. The lowest BCUT2D eigenvalue weighted by atomic mass is 10.0. The Kier molecular flexibility index (Phi) is 46.8. The second kappa shape index (κ2) is 49.5. The predicted octanol–water partition coefficient (Wildman–Crippen LogP) is 15.5. The molecule has 0 heterocycles. The molecule has 0 saturated carbocycles. The number of unbranched alkanes of at least 4 members (excludes halogenated alkanes) is 18. The molecule has 0 aromatic carbocycles. The maximum absolute atomic E-state index is 13.2. The minimum Gasteiger partial charge on any atom is -0.462 e. The molecule has 0 spiro atoms. The number of aliphatic hydroxyl groups excluding tert-OH is 2. The van der Waals surface area contributed by atoms with Crippen LogP contribution in [0.2, 0.25) is 0 Å². The molecule has 358 valence electrons. The third kappa shape index (κ3) is 44.9. The maximum Gasteiger partial charge on any atom is 0.306 e. The van der Waals surface area contributed by atoms with Crippen molar-refractivity contribution in [3.05, 3.63) is 109 Å². The molecule has 3 N–H and O–H groups in total. The van der Waals surface area contributed by atoms with E-state index >= 15 is 0 Å². The van der Waals surface area contributed by atoms with E-state index in [0.717, 1.165) is 103 Å². The van der Waals surface area contributed by atoms with Gasteiger partial charge in [-0.2, -0.15) is 0 Å². The van der Waals surface area contributed by atoms with Gasteiger partial charge >= 0.3 is 5.97 Å². The van der Waals surface area contributed by atoms with Gasteiger partial charge in [0.15, 0.2) is 0 Å². The standard InChI is InChI=1S/C57H95NO5/c1-4-7-10-13-16-19-22-25-27-28-29-30-32-35-38-41-44-47-50-57(62)63-53(48-45-42-39-36-33-31-26-23-20-17-14-11-8-5-2)51-56(61)58-54(52-59)55(60)49-46-43-40-37-34-24-21-18-15-12-9-6-3/h8,10-11,13,16-17,19-20,22,25-31,36,39,53-55,59-60H,4-7,9,12,14-15,18,21,23-24,32-35,37-38,40-52H2,1-3H3,(H,58,61)/b11-8+,13-10+,19-16+,20-17+,25-22+,28-27+,30-29+,31-26+,39-36+. The zero-order valence-corrected chi connectivity index (χ0v) is 40.7. The Hall–Kier alpha value is -3.48. The van der Waals surface area contributed by atoms with Crippen LogP contribution in [0.15, 0.2) is 109 Å². The second-order valence-electron chi connectivity index (χ2n) is 17.0. The molecule has 6 nitrogen and oxygen atoms in total. The molecule has 0 bridgehead atoms. The van der Waals surface area contributed by atoms with Gasteiger partial charge in [0.05, 0.1) is 25.2 Å². The van der Waals surface area contributed by atoms with Gasteiger partial charge < -0.3 is 20.3 Å². The molecule has 0 radical (unpaired) electrons. The van der Waals surface area contributed by atoms with Crippen LogP contribution in [0.25, 0.3) is 0 Å². The number of carbonyl (C=O) groups is 2. The summed E-state index contributed by atoms with van der Waals surface area (Å²) in [6.07, 6.45) is 67.1. The van der Waals surface area contributed by atoms with Crippen LogP contribution in [0, 0.1) is 0 Å². The Bertz CT molecular complexity index is 1300.